The molecule has 0 saturated heterocycles. The van der Waals surface area contributed by atoms with Gasteiger partial charge in [-0.3, -0.25) is 0 Å². The Morgan fingerprint density at radius 3 is 1.25 bits per heavy atom. The summed E-state index contributed by atoms with van der Waals surface area (Å²) >= 11 is 0. The van der Waals surface area contributed by atoms with Gasteiger partial charge in [0.1, 0.15) is 0 Å². The van der Waals surface area contributed by atoms with Crippen molar-refractivity contribution in [2.24, 2.45) is 0 Å². The van der Waals surface area contributed by atoms with Crippen molar-refractivity contribution < 1.29 is 0 Å². The van der Waals surface area contributed by atoms with Gasteiger partial charge < -0.3 is 0 Å². The largest absolute Gasteiger partial charge is 0.193 e. The topological polar surface area (TPSA) is 47.6 Å². The molecule has 0 aromatic heterocycles. The second kappa shape index (κ2) is 13.1. The van der Waals surface area contributed by atoms with Crippen LogP contribution in [0.5, 0.6) is 0 Å². The molecule has 2 nitrogen and oxygen atoms in total. The molecule has 0 atom stereocenters. The summed E-state index contributed by atoms with van der Waals surface area (Å²) in [5.74, 6) is 0. The second-order valence-corrected chi connectivity index (χ2v) is 4.52. The molecule has 0 bridgehead atoms. The number of nitriles is 2. The van der Waals surface area contributed by atoms with E-state index in [4.69, 9.17) is 10.5 Å². The molecular weight excluding hydrogens is 292 g/mol. The van der Waals surface area contributed by atoms with Gasteiger partial charge in [-0.25, -0.2) is 0 Å². The van der Waals surface area contributed by atoms with E-state index in [0.717, 1.165) is 11.1 Å². The van der Waals surface area contributed by atoms with E-state index in [2.05, 4.69) is 0 Å². The van der Waals surface area contributed by atoms with Crippen LogP contribution in [-0.2, 0) is 0 Å². The van der Waals surface area contributed by atoms with Gasteiger partial charge in [-0.1, -0.05) is 97.1 Å². The Balaban J connectivity index is 0.000000240. The average molecular weight is 310 g/mol. The fraction of sp³-hybridized carbons (Fsp3) is 0. The van der Waals surface area contributed by atoms with E-state index in [9.17, 15) is 0 Å². The summed E-state index contributed by atoms with van der Waals surface area (Å²) in [4.78, 5) is 0. The van der Waals surface area contributed by atoms with Crippen molar-refractivity contribution in [3.05, 3.63) is 108 Å². The van der Waals surface area contributed by atoms with Gasteiger partial charge >= 0.3 is 0 Å². The van der Waals surface area contributed by atoms with Gasteiger partial charge in [0.2, 0.25) is 0 Å². The lowest BCUT2D eigenvalue weighted by Crippen LogP contribution is -1.66. The molecule has 0 fully saturated rings. The molecule has 2 aromatic carbocycles. The maximum absolute atomic E-state index is 8.19. The summed E-state index contributed by atoms with van der Waals surface area (Å²) in [6, 6.07) is 23.8. The highest BCUT2D eigenvalue weighted by atomic mass is 14.2. The second-order valence-electron chi connectivity index (χ2n) is 4.52. The van der Waals surface area contributed by atoms with E-state index < -0.39 is 0 Å². The minimum atomic E-state index is 1.14. The molecular formula is C22H18N2. The minimum absolute atomic E-state index is 1.14. The van der Waals surface area contributed by atoms with E-state index in [0.29, 0.717) is 0 Å². The summed E-state index contributed by atoms with van der Waals surface area (Å²) in [6.45, 7) is 0. The average Bonchev–Trinajstić information content (AvgIpc) is 2.65. The van der Waals surface area contributed by atoms with Crippen molar-refractivity contribution in [3.8, 4) is 12.1 Å². The van der Waals surface area contributed by atoms with Crippen LogP contribution in [0, 0.1) is 22.7 Å². The molecule has 0 spiro atoms. The van der Waals surface area contributed by atoms with Crippen LogP contribution >= 0.6 is 0 Å². The molecule has 0 saturated carbocycles. The van der Waals surface area contributed by atoms with Crippen LogP contribution in [0.2, 0.25) is 0 Å². The van der Waals surface area contributed by atoms with Crippen LogP contribution in [0.15, 0.2) is 97.1 Å². The molecule has 0 aliphatic carbocycles. The first-order valence-corrected chi connectivity index (χ1v) is 7.42. The number of rotatable bonds is 4. The Bertz CT molecular complexity index is 699. The molecule has 2 aromatic rings. The van der Waals surface area contributed by atoms with Gasteiger partial charge in [-0.15, -0.1) is 0 Å². The van der Waals surface area contributed by atoms with Crippen LogP contribution in [-0.4, -0.2) is 0 Å². The molecule has 0 radical (unpaired) electrons. The summed E-state index contributed by atoms with van der Waals surface area (Å²) in [5, 5.41) is 16.4. The quantitative estimate of drug-likeness (QED) is 0.548. The van der Waals surface area contributed by atoms with Gasteiger partial charge in [-0.2, -0.15) is 10.5 Å². The normalized spacial score (nSPS) is 10.6. The van der Waals surface area contributed by atoms with Crippen molar-refractivity contribution in [2.75, 3.05) is 0 Å². The number of allylic oxidation sites excluding steroid dienone is 6. The van der Waals surface area contributed by atoms with Crippen molar-refractivity contribution in [1.82, 2.24) is 0 Å². The number of hydrogen-bond donors (Lipinski definition) is 0. The van der Waals surface area contributed by atoms with Crippen LogP contribution < -0.4 is 0 Å². The van der Waals surface area contributed by atoms with E-state index in [-0.39, 0.29) is 0 Å². The van der Waals surface area contributed by atoms with E-state index in [1.165, 1.54) is 12.2 Å². The highest BCUT2D eigenvalue weighted by Crippen LogP contribution is 2.01. The van der Waals surface area contributed by atoms with Crippen molar-refractivity contribution in [1.29, 1.82) is 10.5 Å². The molecule has 0 amide bonds. The lowest BCUT2D eigenvalue weighted by Gasteiger charge is -1.87. The lowest BCUT2D eigenvalue weighted by molar-refractivity contribution is 1.53. The minimum Gasteiger partial charge on any atom is -0.193 e. The maximum Gasteiger partial charge on any atom is 0.0912 e. The Morgan fingerprint density at radius 1 is 0.542 bits per heavy atom. The van der Waals surface area contributed by atoms with Crippen molar-refractivity contribution in [3.63, 3.8) is 0 Å². The number of nitrogens with zero attached hydrogens (tertiary/aromatic N) is 2. The van der Waals surface area contributed by atoms with E-state index in [1.807, 2.05) is 97.1 Å². The zero-order valence-corrected chi connectivity index (χ0v) is 13.3. The van der Waals surface area contributed by atoms with Crippen LogP contribution in [0.25, 0.3) is 12.2 Å². The fourth-order valence-electron chi connectivity index (χ4n) is 1.66. The monoisotopic (exact) mass is 310 g/mol. The molecule has 0 aliphatic heterocycles. The molecule has 24 heavy (non-hydrogen) atoms. The summed E-state index contributed by atoms with van der Waals surface area (Å²) < 4.78 is 0. The van der Waals surface area contributed by atoms with E-state index >= 15 is 0 Å². The summed E-state index contributed by atoms with van der Waals surface area (Å²) in [6.07, 6.45) is 13.9. The third-order valence-electron chi connectivity index (χ3n) is 2.74. The first-order chi connectivity index (χ1) is 11.9. The molecule has 2 rings (SSSR count). The van der Waals surface area contributed by atoms with Crippen LogP contribution in [0.4, 0.5) is 0 Å². The third-order valence-corrected chi connectivity index (χ3v) is 2.74. The number of benzene rings is 2. The first kappa shape index (κ1) is 18.4. The number of hydrogen-bond acceptors (Lipinski definition) is 2. The lowest BCUT2D eigenvalue weighted by atomic mass is 10.2. The maximum atomic E-state index is 8.19. The van der Waals surface area contributed by atoms with Gasteiger partial charge in [0.25, 0.3) is 0 Å². The van der Waals surface area contributed by atoms with E-state index in [1.54, 1.807) is 12.2 Å². The molecule has 116 valence electrons. The predicted molar refractivity (Wildman–Crippen MR) is 100 cm³/mol. The Hall–Kier alpha value is -3.62. The SMILES string of the molecule is N#CC=CC=Cc1ccccc1.N#CC=CC=Cc1ccccc1. The standard InChI is InChI=1S/2C11H9N/c2*12-10-6-2-5-9-11-7-3-1-4-8-11/h2*1-9H. The van der Waals surface area contributed by atoms with Gasteiger partial charge in [0.05, 0.1) is 12.1 Å². The van der Waals surface area contributed by atoms with Crippen molar-refractivity contribution in [2.45, 2.75) is 0 Å². The first-order valence-electron chi connectivity index (χ1n) is 7.42. The Kier molecular flexibility index (Phi) is 10.0. The molecule has 2 heteroatoms. The Labute approximate surface area is 143 Å². The summed E-state index contributed by atoms with van der Waals surface area (Å²) in [5.41, 5.74) is 2.28. The molecule has 0 heterocycles. The highest BCUT2D eigenvalue weighted by molar-refractivity contribution is 5.51. The molecule has 0 aliphatic rings. The zero-order valence-electron chi connectivity index (χ0n) is 13.3. The van der Waals surface area contributed by atoms with Crippen LogP contribution in [0.3, 0.4) is 0 Å². The predicted octanol–water partition coefficient (Wildman–Crippen LogP) is 5.56. The third kappa shape index (κ3) is 9.34. The van der Waals surface area contributed by atoms with Crippen LogP contribution in [0.1, 0.15) is 11.1 Å². The van der Waals surface area contributed by atoms with Crippen molar-refractivity contribution >= 4 is 12.2 Å². The molecule has 0 unspecified atom stereocenters. The highest BCUT2D eigenvalue weighted by Gasteiger charge is 1.79. The smallest absolute Gasteiger partial charge is 0.0912 e. The Morgan fingerprint density at radius 2 is 0.917 bits per heavy atom. The van der Waals surface area contributed by atoms with Gasteiger partial charge in [0, 0.05) is 12.2 Å². The van der Waals surface area contributed by atoms with Gasteiger partial charge in [0.15, 0.2) is 0 Å². The molecule has 0 N–H and O–H groups in total. The van der Waals surface area contributed by atoms with Gasteiger partial charge in [-0.05, 0) is 11.1 Å². The fourth-order valence-corrected chi connectivity index (χ4v) is 1.66. The zero-order chi connectivity index (χ0) is 17.3. The summed E-state index contributed by atoms with van der Waals surface area (Å²) in [7, 11) is 0.